The third-order valence-corrected chi connectivity index (χ3v) is 6.06. The van der Waals surface area contributed by atoms with Crippen LogP contribution < -0.4 is 10.5 Å². The molecule has 0 saturated heterocycles. The molecule has 4 aromatic rings. The maximum atomic E-state index is 11.6. The van der Waals surface area contributed by atoms with Crippen LogP contribution in [0.2, 0.25) is 0 Å². The number of hydrogen-bond donors (Lipinski definition) is 2. The van der Waals surface area contributed by atoms with Crippen molar-refractivity contribution in [1.82, 2.24) is 0 Å². The molecule has 3 N–H and O–H groups in total. The van der Waals surface area contributed by atoms with E-state index in [0.29, 0.717) is 29.3 Å². The summed E-state index contributed by atoms with van der Waals surface area (Å²) < 4.78 is 5.93. The standard InChI is InChI=1S/C29H24N2O3/c1-18-7-13-23(16-24(18)29(30)33)34-28-14-12-22-15-25(27(32)17-26(22)31-28)21-10-8-20(9-11-21)19-5-3-2-4-6-19/h2-11,13,15-17,32H,12,14H2,1H3,(H2,30,33). The van der Waals surface area contributed by atoms with Gasteiger partial charge in [-0.05, 0) is 59.4 Å². The second kappa shape index (κ2) is 8.87. The molecule has 168 valence electrons. The van der Waals surface area contributed by atoms with Crippen molar-refractivity contribution in [2.75, 3.05) is 0 Å². The van der Waals surface area contributed by atoms with Gasteiger partial charge in [0.05, 0.1) is 5.69 Å². The van der Waals surface area contributed by atoms with E-state index in [1.54, 1.807) is 24.3 Å². The fraction of sp³-hybridized carbons (Fsp3) is 0.103. The lowest BCUT2D eigenvalue weighted by molar-refractivity contribution is 0.0999. The number of aliphatic imine (C=N–C) groups is 1. The van der Waals surface area contributed by atoms with Crippen LogP contribution in [0, 0.1) is 6.92 Å². The Labute approximate surface area is 198 Å². The molecule has 0 fully saturated rings. The number of phenols is 1. The summed E-state index contributed by atoms with van der Waals surface area (Å²) in [6, 6.07) is 27.3. The Bertz CT molecular complexity index is 1410. The SMILES string of the molecule is Cc1ccc(OC2=Nc3cc(O)c(-c4ccc(-c5ccccc5)cc4)cc3CC2)cc1C(N)=O. The molecule has 0 aliphatic carbocycles. The highest BCUT2D eigenvalue weighted by Crippen LogP contribution is 2.38. The zero-order chi connectivity index (χ0) is 23.7. The molecule has 0 bridgehead atoms. The molecule has 5 nitrogen and oxygen atoms in total. The minimum absolute atomic E-state index is 0.169. The highest BCUT2D eigenvalue weighted by atomic mass is 16.5. The van der Waals surface area contributed by atoms with Crippen LogP contribution in [0.3, 0.4) is 0 Å². The van der Waals surface area contributed by atoms with E-state index in [-0.39, 0.29) is 5.75 Å². The summed E-state index contributed by atoms with van der Waals surface area (Å²) in [5, 5.41) is 10.7. The summed E-state index contributed by atoms with van der Waals surface area (Å²) in [6.07, 6.45) is 1.35. The summed E-state index contributed by atoms with van der Waals surface area (Å²) in [5.74, 6) is 0.725. The Morgan fingerprint density at radius 3 is 2.32 bits per heavy atom. The van der Waals surface area contributed by atoms with Gasteiger partial charge in [0.2, 0.25) is 5.91 Å². The van der Waals surface area contributed by atoms with Crippen LogP contribution in [0.1, 0.15) is 27.9 Å². The summed E-state index contributed by atoms with van der Waals surface area (Å²) in [7, 11) is 0. The number of aromatic hydroxyl groups is 1. The second-order valence-electron chi connectivity index (χ2n) is 8.39. The first-order valence-electron chi connectivity index (χ1n) is 11.2. The number of primary amides is 1. The lowest BCUT2D eigenvalue weighted by Crippen LogP contribution is -2.15. The van der Waals surface area contributed by atoms with Gasteiger partial charge in [-0.2, -0.15) is 0 Å². The molecule has 5 heteroatoms. The number of hydrogen-bond acceptors (Lipinski definition) is 4. The number of nitrogens with two attached hydrogens (primary N) is 1. The van der Waals surface area contributed by atoms with Gasteiger partial charge in [-0.15, -0.1) is 0 Å². The van der Waals surface area contributed by atoms with Crippen molar-refractivity contribution in [2.45, 2.75) is 19.8 Å². The summed E-state index contributed by atoms with van der Waals surface area (Å²) in [5.41, 5.74) is 12.4. The van der Waals surface area contributed by atoms with Gasteiger partial charge in [0.1, 0.15) is 11.5 Å². The molecule has 5 rings (SSSR count). The quantitative estimate of drug-likeness (QED) is 0.390. The first kappa shape index (κ1) is 21.5. The number of carbonyl (C=O) groups is 1. The molecular formula is C29H24N2O3. The predicted molar refractivity (Wildman–Crippen MR) is 135 cm³/mol. The number of amides is 1. The molecule has 34 heavy (non-hydrogen) atoms. The maximum absolute atomic E-state index is 11.6. The molecule has 0 aromatic heterocycles. The number of fused-ring (bicyclic) bond motifs is 1. The fourth-order valence-electron chi connectivity index (χ4n) is 4.20. The lowest BCUT2D eigenvalue weighted by Gasteiger charge is -2.18. The van der Waals surface area contributed by atoms with Crippen LogP contribution in [-0.4, -0.2) is 16.9 Å². The zero-order valence-electron chi connectivity index (χ0n) is 18.8. The van der Waals surface area contributed by atoms with E-state index in [1.165, 1.54) is 0 Å². The number of phenolic OH excluding ortho intramolecular Hbond substituents is 1. The molecule has 1 heterocycles. The van der Waals surface area contributed by atoms with E-state index >= 15 is 0 Å². The van der Waals surface area contributed by atoms with Gasteiger partial charge < -0.3 is 15.6 Å². The summed E-state index contributed by atoms with van der Waals surface area (Å²) in [4.78, 5) is 16.2. The van der Waals surface area contributed by atoms with Crippen molar-refractivity contribution in [1.29, 1.82) is 0 Å². The predicted octanol–water partition coefficient (Wildman–Crippen LogP) is 6.19. The van der Waals surface area contributed by atoms with Gasteiger partial charge >= 0.3 is 0 Å². The molecule has 4 aromatic carbocycles. The fourth-order valence-corrected chi connectivity index (χ4v) is 4.20. The average Bonchev–Trinajstić information content (AvgIpc) is 2.85. The molecular weight excluding hydrogens is 424 g/mol. The number of carbonyl (C=O) groups excluding carboxylic acids is 1. The van der Waals surface area contributed by atoms with Crippen LogP contribution in [0.25, 0.3) is 22.3 Å². The summed E-state index contributed by atoms with van der Waals surface area (Å²) in [6.45, 7) is 1.83. The zero-order valence-corrected chi connectivity index (χ0v) is 18.8. The Kier molecular flexibility index (Phi) is 5.60. The van der Waals surface area contributed by atoms with Crippen LogP contribution >= 0.6 is 0 Å². The number of aryl methyl sites for hydroxylation is 2. The molecule has 1 aliphatic heterocycles. The topological polar surface area (TPSA) is 84.9 Å². The van der Waals surface area contributed by atoms with E-state index in [9.17, 15) is 9.90 Å². The minimum Gasteiger partial charge on any atom is -0.507 e. The van der Waals surface area contributed by atoms with E-state index in [1.807, 2.05) is 43.3 Å². The largest absolute Gasteiger partial charge is 0.507 e. The monoisotopic (exact) mass is 448 g/mol. The number of benzene rings is 4. The molecule has 0 spiro atoms. The highest BCUT2D eigenvalue weighted by Gasteiger charge is 2.18. The summed E-state index contributed by atoms with van der Waals surface area (Å²) >= 11 is 0. The van der Waals surface area contributed by atoms with Gasteiger partial charge in [0.15, 0.2) is 5.90 Å². The van der Waals surface area contributed by atoms with Gasteiger partial charge in [-0.3, -0.25) is 4.79 Å². The van der Waals surface area contributed by atoms with Crippen molar-refractivity contribution in [3.63, 3.8) is 0 Å². The molecule has 0 unspecified atom stereocenters. The van der Waals surface area contributed by atoms with Gasteiger partial charge in [-0.25, -0.2) is 4.99 Å². The van der Waals surface area contributed by atoms with E-state index in [2.05, 4.69) is 29.3 Å². The lowest BCUT2D eigenvalue weighted by atomic mass is 9.95. The second-order valence-corrected chi connectivity index (χ2v) is 8.39. The average molecular weight is 449 g/mol. The smallest absolute Gasteiger partial charge is 0.249 e. The first-order chi connectivity index (χ1) is 16.5. The van der Waals surface area contributed by atoms with Crippen molar-refractivity contribution in [2.24, 2.45) is 10.7 Å². The van der Waals surface area contributed by atoms with Crippen LogP contribution in [0.5, 0.6) is 11.5 Å². The molecule has 1 amide bonds. The minimum atomic E-state index is -0.492. The van der Waals surface area contributed by atoms with E-state index in [4.69, 9.17) is 10.5 Å². The van der Waals surface area contributed by atoms with Crippen LogP contribution in [0.15, 0.2) is 89.9 Å². The molecule has 0 saturated carbocycles. The molecule has 1 aliphatic rings. The Morgan fingerprint density at radius 1 is 0.882 bits per heavy atom. The van der Waals surface area contributed by atoms with Crippen molar-refractivity contribution < 1.29 is 14.6 Å². The Balaban J connectivity index is 1.40. The van der Waals surface area contributed by atoms with Crippen molar-refractivity contribution in [3.8, 4) is 33.8 Å². The Morgan fingerprint density at radius 2 is 1.59 bits per heavy atom. The molecule has 0 atom stereocenters. The molecule has 0 radical (unpaired) electrons. The number of ether oxygens (including phenoxy) is 1. The van der Waals surface area contributed by atoms with Gasteiger partial charge in [0.25, 0.3) is 0 Å². The van der Waals surface area contributed by atoms with Crippen LogP contribution in [-0.2, 0) is 6.42 Å². The van der Waals surface area contributed by atoms with Gasteiger partial charge in [-0.1, -0.05) is 60.7 Å². The Hall–Kier alpha value is -4.38. The van der Waals surface area contributed by atoms with E-state index < -0.39 is 5.91 Å². The third-order valence-electron chi connectivity index (χ3n) is 6.06. The first-order valence-corrected chi connectivity index (χ1v) is 11.2. The van der Waals surface area contributed by atoms with Crippen molar-refractivity contribution >= 4 is 17.5 Å². The van der Waals surface area contributed by atoms with Crippen LogP contribution in [0.4, 0.5) is 5.69 Å². The van der Waals surface area contributed by atoms with E-state index in [0.717, 1.165) is 39.8 Å². The third kappa shape index (κ3) is 4.28. The number of nitrogens with zero attached hydrogens (tertiary/aromatic N) is 1. The number of rotatable bonds is 4. The van der Waals surface area contributed by atoms with Crippen molar-refractivity contribution in [3.05, 3.63) is 102 Å². The normalized spacial score (nSPS) is 12.6. The van der Waals surface area contributed by atoms with Gasteiger partial charge in [0, 0.05) is 23.6 Å². The maximum Gasteiger partial charge on any atom is 0.249 e. The highest BCUT2D eigenvalue weighted by molar-refractivity contribution is 5.95.